The number of carbonyl (C=O) groups excluding carboxylic acids is 2. The molecule has 4 rings (SSSR count). The molecule has 1 aromatic heterocycles. The number of hydrogen-bond donors (Lipinski definition) is 1. The molecule has 0 bridgehead atoms. The Morgan fingerprint density at radius 2 is 2.03 bits per heavy atom. The number of likely N-dealkylation sites (N-methyl/N-ethyl adjacent to an activating group) is 1. The van der Waals surface area contributed by atoms with Gasteiger partial charge in [0, 0.05) is 37.3 Å². The Morgan fingerprint density at radius 1 is 1.24 bits per heavy atom. The van der Waals surface area contributed by atoms with Crippen LogP contribution in [0.25, 0.3) is 0 Å². The maximum atomic E-state index is 12.8. The van der Waals surface area contributed by atoms with E-state index in [9.17, 15) is 9.59 Å². The van der Waals surface area contributed by atoms with Crippen LogP contribution in [-0.2, 0) is 20.7 Å². The number of fused-ring (bicyclic) bond motifs is 1. The van der Waals surface area contributed by atoms with Gasteiger partial charge in [-0.3, -0.25) is 14.5 Å². The summed E-state index contributed by atoms with van der Waals surface area (Å²) in [5.41, 5.74) is 2.77. The van der Waals surface area contributed by atoms with Crippen LogP contribution in [0.3, 0.4) is 0 Å². The number of benzene rings is 2. The molecule has 1 N–H and O–H groups in total. The highest BCUT2D eigenvalue weighted by Gasteiger charge is 2.31. The molecule has 2 heterocycles. The number of nitrogens with zero attached hydrogens (tertiary/aromatic N) is 4. The largest absolute Gasteiger partial charge is 0.491 e. The highest BCUT2D eigenvalue weighted by atomic mass is 16.5. The van der Waals surface area contributed by atoms with Gasteiger partial charge in [0.15, 0.2) is 0 Å². The van der Waals surface area contributed by atoms with Crippen molar-refractivity contribution in [2.45, 2.75) is 6.42 Å². The minimum Gasteiger partial charge on any atom is -0.491 e. The van der Waals surface area contributed by atoms with E-state index in [0.29, 0.717) is 36.4 Å². The molecule has 0 aliphatic carbocycles. The SMILES string of the molecule is C=CC(=O)N(C)c1cccc(N2C(=O)Cc3cnc(Nc4ccc(OCCOC)cc4)nc32)c1. The Bertz CT molecular complexity index is 1210. The van der Waals surface area contributed by atoms with Crippen molar-refractivity contribution in [3.8, 4) is 5.75 Å². The lowest BCUT2D eigenvalue weighted by atomic mass is 10.2. The van der Waals surface area contributed by atoms with Crippen LogP contribution in [-0.4, -0.2) is 49.2 Å². The van der Waals surface area contributed by atoms with Gasteiger partial charge in [0.05, 0.1) is 18.7 Å². The molecule has 0 unspecified atom stereocenters. The lowest BCUT2D eigenvalue weighted by Crippen LogP contribution is -2.25. The fourth-order valence-electron chi connectivity index (χ4n) is 3.51. The molecule has 0 saturated carbocycles. The van der Waals surface area contributed by atoms with Gasteiger partial charge in [-0.2, -0.15) is 4.98 Å². The molecule has 0 fully saturated rings. The normalized spacial score (nSPS) is 12.3. The maximum absolute atomic E-state index is 12.8. The lowest BCUT2D eigenvalue weighted by molar-refractivity contribution is -0.116. The second kappa shape index (κ2) is 10.1. The summed E-state index contributed by atoms with van der Waals surface area (Å²) in [5, 5.41) is 3.16. The third-order valence-electron chi connectivity index (χ3n) is 5.29. The third kappa shape index (κ3) is 4.89. The summed E-state index contributed by atoms with van der Waals surface area (Å²) in [7, 11) is 3.28. The number of rotatable bonds is 9. The number of ether oxygens (including phenoxy) is 2. The average molecular weight is 460 g/mol. The van der Waals surface area contributed by atoms with E-state index in [1.807, 2.05) is 24.3 Å². The van der Waals surface area contributed by atoms with Gasteiger partial charge in [-0.15, -0.1) is 0 Å². The Hall–Kier alpha value is -4.24. The van der Waals surface area contributed by atoms with Gasteiger partial charge < -0.3 is 19.7 Å². The third-order valence-corrected chi connectivity index (χ3v) is 5.29. The Labute approximate surface area is 197 Å². The topological polar surface area (TPSA) is 96.9 Å². The second-order valence-electron chi connectivity index (χ2n) is 7.56. The van der Waals surface area contributed by atoms with Crippen LogP contribution in [0.2, 0.25) is 0 Å². The van der Waals surface area contributed by atoms with Gasteiger partial charge in [-0.1, -0.05) is 12.6 Å². The number of hydrogen-bond acceptors (Lipinski definition) is 7. The number of methoxy groups -OCH3 is 1. The fourth-order valence-corrected chi connectivity index (χ4v) is 3.51. The molecule has 0 spiro atoms. The molecule has 3 aromatic rings. The van der Waals surface area contributed by atoms with E-state index in [-0.39, 0.29) is 18.2 Å². The zero-order valence-corrected chi connectivity index (χ0v) is 19.0. The number of anilines is 5. The lowest BCUT2D eigenvalue weighted by Gasteiger charge is -2.21. The predicted molar refractivity (Wildman–Crippen MR) is 130 cm³/mol. The van der Waals surface area contributed by atoms with Crippen LogP contribution < -0.4 is 19.9 Å². The summed E-state index contributed by atoms with van der Waals surface area (Å²) >= 11 is 0. The molecule has 9 heteroatoms. The van der Waals surface area contributed by atoms with Crippen molar-refractivity contribution in [2.24, 2.45) is 0 Å². The minimum atomic E-state index is -0.241. The van der Waals surface area contributed by atoms with Crippen LogP contribution in [0.5, 0.6) is 5.75 Å². The van der Waals surface area contributed by atoms with E-state index < -0.39 is 0 Å². The highest BCUT2D eigenvalue weighted by Crippen LogP contribution is 2.36. The molecule has 2 aromatic carbocycles. The first-order chi connectivity index (χ1) is 16.5. The molecule has 9 nitrogen and oxygen atoms in total. The van der Waals surface area contributed by atoms with Gasteiger partial charge in [0.25, 0.3) is 0 Å². The molecule has 174 valence electrons. The van der Waals surface area contributed by atoms with E-state index in [2.05, 4.69) is 21.9 Å². The molecular weight excluding hydrogens is 434 g/mol. The zero-order chi connectivity index (χ0) is 24.1. The van der Waals surface area contributed by atoms with E-state index in [1.165, 1.54) is 11.0 Å². The van der Waals surface area contributed by atoms with Crippen LogP contribution >= 0.6 is 0 Å². The quantitative estimate of drug-likeness (QED) is 0.386. The molecule has 0 saturated heterocycles. The summed E-state index contributed by atoms with van der Waals surface area (Å²) < 4.78 is 10.6. The fraction of sp³-hybridized carbons (Fsp3) is 0.200. The minimum absolute atomic E-state index is 0.117. The summed E-state index contributed by atoms with van der Waals surface area (Å²) in [6.07, 6.45) is 3.10. The monoisotopic (exact) mass is 459 g/mol. The van der Waals surface area contributed by atoms with Crippen molar-refractivity contribution in [3.05, 3.63) is 72.9 Å². The first kappa shape index (κ1) is 22.9. The Kier molecular flexibility index (Phi) is 6.84. The summed E-state index contributed by atoms with van der Waals surface area (Å²) in [4.78, 5) is 36.8. The smallest absolute Gasteiger partial charge is 0.250 e. The summed E-state index contributed by atoms with van der Waals surface area (Å²) in [6, 6.07) is 14.6. The van der Waals surface area contributed by atoms with Crippen molar-refractivity contribution in [3.63, 3.8) is 0 Å². The number of nitrogens with one attached hydrogen (secondary N) is 1. The maximum Gasteiger partial charge on any atom is 0.250 e. The molecule has 2 amide bonds. The highest BCUT2D eigenvalue weighted by molar-refractivity contribution is 6.07. The van der Waals surface area contributed by atoms with E-state index in [0.717, 1.165) is 17.0 Å². The second-order valence-corrected chi connectivity index (χ2v) is 7.56. The average Bonchev–Trinajstić information content (AvgIpc) is 3.19. The van der Waals surface area contributed by atoms with Gasteiger partial charge in [0.1, 0.15) is 18.2 Å². The van der Waals surface area contributed by atoms with E-state index in [1.54, 1.807) is 49.5 Å². The number of carbonyl (C=O) groups is 2. The van der Waals surface area contributed by atoms with Crippen LogP contribution in [0, 0.1) is 0 Å². The van der Waals surface area contributed by atoms with Crippen LogP contribution in [0.4, 0.5) is 28.8 Å². The van der Waals surface area contributed by atoms with Gasteiger partial charge >= 0.3 is 0 Å². The van der Waals surface area contributed by atoms with Crippen molar-refractivity contribution in [1.82, 2.24) is 9.97 Å². The van der Waals surface area contributed by atoms with Crippen LogP contribution in [0.15, 0.2) is 67.4 Å². The van der Waals surface area contributed by atoms with Gasteiger partial charge in [-0.05, 0) is 48.5 Å². The molecule has 1 aliphatic heterocycles. The Morgan fingerprint density at radius 3 is 2.76 bits per heavy atom. The summed E-state index contributed by atoms with van der Waals surface area (Å²) in [6.45, 7) is 4.51. The van der Waals surface area contributed by atoms with Crippen LogP contribution in [0.1, 0.15) is 5.56 Å². The Balaban J connectivity index is 1.55. The molecule has 1 aliphatic rings. The van der Waals surface area contributed by atoms with Crippen molar-refractivity contribution < 1.29 is 19.1 Å². The zero-order valence-electron chi connectivity index (χ0n) is 19.0. The molecule has 0 radical (unpaired) electrons. The number of aromatic nitrogens is 2. The van der Waals surface area contributed by atoms with E-state index in [4.69, 9.17) is 9.47 Å². The molecule has 34 heavy (non-hydrogen) atoms. The van der Waals surface area contributed by atoms with E-state index >= 15 is 0 Å². The van der Waals surface area contributed by atoms with Crippen molar-refractivity contribution in [2.75, 3.05) is 42.5 Å². The summed E-state index contributed by atoms with van der Waals surface area (Å²) in [5.74, 6) is 1.25. The predicted octanol–water partition coefficient (Wildman–Crippen LogP) is 3.62. The first-order valence-corrected chi connectivity index (χ1v) is 10.7. The van der Waals surface area contributed by atoms with Crippen molar-refractivity contribution in [1.29, 1.82) is 0 Å². The van der Waals surface area contributed by atoms with Gasteiger partial charge in [0.2, 0.25) is 17.8 Å². The van der Waals surface area contributed by atoms with Gasteiger partial charge in [-0.25, -0.2) is 4.98 Å². The first-order valence-electron chi connectivity index (χ1n) is 10.7. The standard InChI is InChI=1S/C25H25N5O4/c1-4-22(31)29(2)19-6-5-7-20(15-19)30-23(32)14-17-16-26-25(28-24(17)30)27-18-8-10-21(11-9-18)34-13-12-33-3/h4-11,15-16H,1,12-14H2,2-3H3,(H,26,27,28). The molecule has 0 atom stereocenters. The number of amides is 2. The van der Waals surface area contributed by atoms with Crippen molar-refractivity contribution >= 4 is 40.6 Å². The molecular formula is C25H25N5O4.